The van der Waals surface area contributed by atoms with Gasteiger partial charge < -0.3 is 5.32 Å². The number of halogens is 2. The molecule has 0 unspecified atom stereocenters. The van der Waals surface area contributed by atoms with Gasteiger partial charge in [0, 0.05) is 6.54 Å². The molecule has 0 atom stereocenters. The summed E-state index contributed by atoms with van der Waals surface area (Å²) >= 11 is 5.79. The molecule has 18 heavy (non-hydrogen) atoms. The van der Waals surface area contributed by atoms with Crippen molar-refractivity contribution >= 4 is 17.3 Å². The lowest BCUT2D eigenvalue weighted by molar-refractivity contribution is 0.625. The van der Waals surface area contributed by atoms with Gasteiger partial charge in [0.15, 0.2) is 0 Å². The Morgan fingerprint density at radius 2 is 2.28 bits per heavy atom. The summed E-state index contributed by atoms with van der Waals surface area (Å²) in [6, 6.07) is 6.36. The van der Waals surface area contributed by atoms with Crippen LogP contribution in [0.15, 0.2) is 35.3 Å². The molecule has 0 aliphatic rings. The summed E-state index contributed by atoms with van der Waals surface area (Å²) in [6.07, 6.45) is 2.07. The van der Waals surface area contributed by atoms with E-state index in [1.807, 2.05) is 6.07 Å². The highest BCUT2D eigenvalue weighted by Gasteiger charge is 2.04. The maximum Gasteiger partial charge on any atom is 0.285 e. The molecule has 0 bridgehead atoms. The standard InChI is InChI=1S/C12H11ClFN3O/c13-11-10(7-16-17-12(11)18)15-5-4-8-2-1-3-9(14)6-8/h1-3,6-7H,4-5H2,(H2,15,17,18). The van der Waals surface area contributed by atoms with Crippen LogP contribution in [0.4, 0.5) is 10.1 Å². The van der Waals surface area contributed by atoms with Crippen LogP contribution in [0.3, 0.4) is 0 Å². The van der Waals surface area contributed by atoms with E-state index in [0.717, 1.165) is 5.56 Å². The zero-order valence-electron chi connectivity index (χ0n) is 9.41. The van der Waals surface area contributed by atoms with Gasteiger partial charge in [0.1, 0.15) is 10.8 Å². The first-order valence-corrected chi connectivity index (χ1v) is 5.76. The molecule has 1 aromatic heterocycles. The lowest BCUT2D eigenvalue weighted by Crippen LogP contribution is -2.13. The van der Waals surface area contributed by atoms with Crippen LogP contribution in [0, 0.1) is 5.82 Å². The molecule has 4 nitrogen and oxygen atoms in total. The fourth-order valence-corrected chi connectivity index (χ4v) is 1.70. The number of nitrogens with one attached hydrogen (secondary N) is 2. The van der Waals surface area contributed by atoms with Crippen molar-refractivity contribution in [2.24, 2.45) is 0 Å². The van der Waals surface area contributed by atoms with E-state index < -0.39 is 5.56 Å². The first-order valence-electron chi connectivity index (χ1n) is 5.38. The number of hydrogen-bond donors (Lipinski definition) is 2. The highest BCUT2D eigenvalue weighted by Crippen LogP contribution is 2.14. The van der Waals surface area contributed by atoms with Crippen LogP contribution in [-0.2, 0) is 6.42 Å². The summed E-state index contributed by atoms with van der Waals surface area (Å²) in [5.41, 5.74) is 0.903. The molecular weight excluding hydrogens is 257 g/mol. The van der Waals surface area contributed by atoms with Crippen molar-refractivity contribution in [2.45, 2.75) is 6.42 Å². The third kappa shape index (κ3) is 3.07. The van der Waals surface area contributed by atoms with Gasteiger partial charge in [-0.05, 0) is 24.1 Å². The molecule has 0 spiro atoms. The van der Waals surface area contributed by atoms with E-state index in [1.165, 1.54) is 18.3 Å². The van der Waals surface area contributed by atoms with Crippen LogP contribution in [0.1, 0.15) is 5.56 Å². The van der Waals surface area contributed by atoms with Gasteiger partial charge in [0.2, 0.25) is 0 Å². The van der Waals surface area contributed by atoms with Crippen LogP contribution in [-0.4, -0.2) is 16.7 Å². The third-order valence-corrected chi connectivity index (χ3v) is 2.79. The van der Waals surface area contributed by atoms with E-state index in [1.54, 1.807) is 6.07 Å². The van der Waals surface area contributed by atoms with E-state index in [2.05, 4.69) is 15.5 Å². The highest BCUT2D eigenvalue weighted by molar-refractivity contribution is 6.32. The van der Waals surface area contributed by atoms with Crippen LogP contribution < -0.4 is 10.9 Å². The van der Waals surface area contributed by atoms with E-state index >= 15 is 0 Å². The van der Waals surface area contributed by atoms with E-state index in [4.69, 9.17) is 11.6 Å². The Morgan fingerprint density at radius 3 is 3.06 bits per heavy atom. The van der Waals surface area contributed by atoms with Crippen molar-refractivity contribution < 1.29 is 4.39 Å². The Morgan fingerprint density at radius 1 is 1.44 bits per heavy atom. The molecule has 2 N–H and O–H groups in total. The second-order valence-corrected chi connectivity index (χ2v) is 4.11. The summed E-state index contributed by atoms with van der Waals surface area (Å²) in [5, 5.41) is 8.93. The van der Waals surface area contributed by atoms with Gasteiger partial charge in [-0.1, -0.05) is 23.7 Å². The molecule has 0 fully saturated rings. The number of nitrogens with zero attached hydrogens (tertiary/aromatic N) is 1. The quantitative estimate of drug-likeness (QED) is 0.893. The van der Waals surface area contributed by atoms with E-state index in [9.17, 15) is 9.18 Å². The minimum atomic E-state index is -0.438. The number of aromatic nitrogens is 2. The zero-order valence-corrected chi connectivity index (χ0v) is 10.2. The third-order valence-electron chi connectivity index (χ3n) is 2.41. The minimum absolute atomic E-state index is 0.0734. The lowest BCUT2D eigenvalue weighted by Gasteiger charge is -2.06. The maximum absolute atomic E-state index is 12.9. The minimum Gasteiger partial charge on any atom is -0.382 e. The first kappa shape index (κ1) is 12.6. The summed E-state index contributed by atoms with van der Waals surface area (Å²) in [7, 11) is 0. The average Bonchev–Trinajstić information content (AvgIpc) is 2.35. The fraction of sp³-hybridized carbons (Fsp3) is 0.167. The van der Waals surface area contributed by atoms with Crippen LogP contribution >= 0.6 is 11.6 Å². The summed E-state index contributed by atoms with van der Waals surface area (Å²) in [5.74, 6) is -0.261. The molecule has 2 rings (SSSR count). The van der Waals surface area contributed by atoms with Crippen LogP contribution in [0.5, 0.6) is 0 Å². The second kappa shape index (κ2) is 5.64. The van der Waals surface area contributed by atoms with Crippen molar-refractivity contribution in [3.63, 3.8) is 0 Å². The number of H-pyrrole nitrogens is 1. The molecule has 0 aliphatic carbocycles. The Kier molecular flexibility index (Phi) is 3.94. The van der Waals surface area contributed by atoms with Gasteiger partial charge in [-0.3, -0.25) is 4.79 Å². The number of aromatic amines is 1. The molecule has 2 aromatic rings. The molecule has 1 aromatic carbocycles. The molecular formula is C12H11ClFN3O. The molecule has 1 heterocycles. The summed E-state index contributed by atoms with van der Waals surface area (Å²) in [4.78, 5) is 11.2. The Balaban J connectivity index is 1.97. The number of anilines is 1. The second-order valence-electron chi connectivity index (χ2n) is 3.73. The van der Waals surface area contributed by atoms with E-state index in [-0.39, 0.29) is 10.8 Å². The molecule has 94 valence electrons. The van der Waals surface area contributed by atoms with Gasteiger partial charge in [0.25, 0.3) is 5.56 Å². The monoisotopic (exact) mass is 267 g/mol. The normalized spacial score (nSPS) is 10.3. The maximum atomic E-state index is 12.9. The van der Waals surface area contributed by atoms with Crippen molar-refractivity contribution in [2.75, 3.05) is 11.9 Å². The van der Waals surface area contributed by atoms with Gasteiger partial charge in [-0.15, -0.1) is 0 Å². The smallest absolute Gasteiger partial charge is 0.285 e. The molecule has 0 saturated heterocycles. The lowest BCUT2D eigenvalue weighted by atomic mass is 10.1. The zero-order chi connectivity index (χ0) is 13.0. The predicted molar refractivity (Wildman–Crippen MR) is 68.5 cm³/mol. The fourth-order valence-electron chi connectivity index (χ4n) is 1.54. The molecule has 0 aliphatic heterocycles. The van der Waals surface area contributed by atoms with Crippen LogP contribution in [0.25, 0.3) is 0 Å². The van der Waals surface area contributed by atoms with Crippen molar-refractivity contribution in [1.82, 2.24) is 10.2 Å². The summed E-state index contributed by atoms with van der Waals surface area (Å²) in [6.45, 7) is 0.536. The molecule has 0 amide bonds. The largest absolute Gasteiger partial charge is 0.382 e. The topological polar surface area (TPSA) is 57.8 Å². The number of rotatable bonds is 4. The van der Waals surface area contributed by atoms with Gasteiger partial charge >= 0.3 is 0 Å². The molecule has 0 saturated carbocycles. The van der Waals surface area contributed by atoms with Crippen molar-refractivity contribution in [1.29, 1.82) is 0 Å². The van der Waals surface area contributed by atoms with E-state index in [0.29, 0.717) is 18.7 Å². The van der Waals surface area contributed by atoms with Gasteiger partial charge in [0.05, 0.1) is 11.9 Å². The average molecular weight is 268 g/mol. The van der Waals surface area contributed by atoms with Crippen LogP contribution in [0.2, 0.25) is 5.02 Å². The first-order chi connectivity index (χ1) is 8.66. The highest BCUT2D eigenvalue weighted by atomic mass is 35.5. The summed E-state index contributed by atoms with van der Waals surface area (Å²) < 4.78 is 12.9. The molecule has 6 heteroatoms. The van der Waals surface area contributed by atoms with Gasteiger partial charge in [-0.25, -0.2) is 9.49 Å². The number of benzene rings is 1. The Labute approximate surface area is 108 Å². The Bertz CT molecular complexity index is 600. The molecule has 0 radical (unpaired) electrons. The Hall–Kier alpha value is -1.88. The van der Waals surface area contributed by atoms with Crippen molar-refractivity contribution in [3.05, 3.63) is 57.2 Å². The predicted octanol–water partition coefficient (Wildman–Crippen LogP) is 2.22. The van der Waals surface area contributed by atoms with Gasteiger partial charge in [-0.2, -0.15) is 5.10 Å². The number of hydrogen-bond acceptors (Lipinski definition) is 3. The van der Waals surface area contributed by atoms with Crippen molar-refractivity contribution in [3.8, 4) is 0 Å². The SMILES string of the molecule is O=c1[nH]ncc(NCCc2cccc(F)c2)c1Cl.